The molecule has 0 aliphatic carbocycles. The van der Waals surface area contributed by atoms with E-state index in [1.165, 1.54) is 37.1 Å². The smallest absolute Gasteiger partial charge is 0.0372 e. The van der Waals surface area contributed by atoms with Crippen LogP contribution >= 0.6 is 0 Å². The molecule has 0 saturated carbocycles. The molecule has 2 heteroatoms. The van der Waals surface area contributed by atoms with E-state index in [1.54, 1.807) is 0 Å². The van der Waals surface area contributed by atoms with Crippen molar-refractivity contribution in [3.8, 4) is 0 Å². The highest BCUT2D eigenvalue weighted by Gasteiger charge is 2.17. The van der Waals surface area contributed by atoms with Gasteiger partial charge in [-0.15, -0.1) is 0 Å². The van der Waals surface area contributed by atoms with Crippen LogP contribution in [0, 0.1) is 11.8 Å². The molecule has 1 aliphatic heterocycles. The molecule has 1 aliphatic rings. The Hall–Kier alpha value is -1.02. The van der Waals surface area contributed by atoms with E-state index in [1.807, 2.05) is 0 Å². The van der Waals surface area contributed by atoms with Gasteiger partial charge in [0.05, 0.1) is 0 Å². The van der Waals surface area contributed by atoms with Crippen molar-refractivity contribution >= 4 is 5.69 Å². The number of fused-ring (bicyclic) bond motifs is 1. The molecular weight excluding hydrogens is 220 g/mol. The van der Waals surface area contributed by atoms with E-state index in [9.17, 15) is 0 Å². The SMILES string of the molecule is CCC(CC)CNCC1CNc2ccccc2C1. The molecule has 0 radical (unpaired) electrons. The summed E-state index contributed by atoms with van der Waals surface area (Å²) < 4.78 is 0. The highest BCUT2D eigenvalue weighted by Crippen LogP contribution is 2.23. The van der Waals surface area contributed by atoms with Gasteiger partial charge in [0, 0.05) is 12.2 Å². The fourth-order valence-corrected chi connectivity index (χ4v) is 2.72. The zero-order chi connectivity index (χ0) is 12.8. The summed E-state index contributed by atoms with van der Waals surface area (Å²) >= 11 is 0. The quantitative estimate of drug-likeness (QED) is 0.805. The lowest BCUT2D eigenvalue weighted by atomic mass is 9.93. The second-order valence-corrected chi connectivity index (χ2v) is 5.45. The molecule has 0 amide bonds. The van der Waals surface area contributed by atoms with E-state index in [0.29, 0.717) is 0 Å². The van der Waals surface area contributed by atoms with Gasteiger partial charge in [0.1, 0.15) is 0 Å². The summed E-state index contributed by atoms with van der Waals surface area (Å²) in [6, 6.07) is 8.68. The Kier molecular flexibility index (Phi) is 5.06. The molecule has 2 nitrogen and oxygen atoms in total. The van der Waals surface area contributed by atoms with Crippen molar-refractivity contribution in [3.63, 3.8) is 0 Å². The normalized spacial score (nSPS) is 18.5. The summed E-state index contributed by atoms with van der Waals surface area (Å²) in [6.07, 6.45) is 3.78. The van der Waals surface area contributed by atoms with Crippen LogP contribution in [0.3, 0.4) is 0 Å². The van der Waals surface area contributed by atoms with Crippen LogP contribution in [0.2, 0.25) is 0 Å². The molecule has 0 fully saturated rings. The van der Waals surface area contributed by atoms with E-state index in [-0.39, 0.29) is 0 Å². The molecule has 1 atom stereocenters. The zero-order valence-corrected chi connectivity index (χ0v) is 11.7. The third-order valence-corrected chi connectivity index (χ3v) is 4.13. The maximum absolute atomic E-state index is 3.65. The van der Waals surface area contributed by atoms with Crippen LogP contribution in [0.5, 0.6) is 0 Å². The monoisotopic (exact) mass is 246 g/mol. The summed E-state index contributed by atoms with van der Waals surface area (Å²) in [4.78, 5) is 0. The number of hydrogen-bond donors (Lipinski definition) is 2. The lowest BCUT2D eigenvalue weighted by Crippen LogP contribution is -2.34. The van der Waals surface area contributed by atoms with Crippen molar-refractivity contribution in [2.75, 3.05) is 25.0 Å². The van der Waals surface area contributed by atoms with Crippen molar-refractivity contribution in [2.45, 2.75) is 33.1 Å². The molecule has 2 N–H and O–H groups in total. The molecular formula is C16H26N2. The number of rotatable bonds is 6. The predicted molar refractivity (Wildman–Crippen MR) is 79.1 cm³/mol. The van der Waals surface area contributed by atoms with Crippen molar-refractivity contribution < 1.29 is 0 Å². The fraction of sp³-hybridized carbons (Fsp3) is 0.625. The van der Waals surface area contributed by atoms with Crippen molar-refractivity contribution in [1.29, 1.82) is 0 Å². The molecule has 1 aromatic rings. The molecule has 1 unspecified atom stereocenters. The average molecular weight is 246 g/mol. The number of benzene rings is 1. The van der Waals surface area contributed by atoms with Gasteiger partial charge in [-0.1, -0.05) is 44.9 Å². The average Bonchev–Trinajstić information content (AvgIpc) is 2.43. The van der Waals surface area contributed by atoms with Gasteiger partial charge < -0.3 is 10.6 Å². The Bertz CT molecular complexity index is 358. The molecule has 0 spiro atoms. The first-order chi connectivity index (χ1) is 8.83. The second kappa shape index (κ2) is 6.79. The highest BCUT2D eigenvalue weighted by molar-refractivity contribution is 5.53. The van der Waals surface area contributed by atoms with Gasteiger partial charge in [0.15, 0.2) is 0 Å². The Morgan fingerprint density at radius 2 is 2.06 bits per heavy atom. The van der Waals surface area contributed by atoms with Gasteiger partial charge in [0.25, 0.3) is 0 Å². The van der Waals surface area contributed by atoms with Crippen LogP contribution in [-0.2, 0) is 6.42 Å². The lowest BCUT2D eigenvalue weighted by Gasteiger charge is -2.27. The zero-order valence-electron chi connectivity index (χ0n) is 11.7. The minimum Gasteiger partial charge on any atom is -0.384 e. The summed E-state index contributed by atoms with van der Waals surface area (Å²) in [5, 5.41) is 7.19. The maximum Gasteiger partial charge on any atom is 0.0372 e. The topological polar surface area (TPSA) is 24.1 Å². The van der Waals surface area contributed by atoms with E-state index >= 15 is 0 Å². The Morgan fingerprint density at radius 3 is 2.83 bits per heavy atom. The maximum atomic E-state index is 3.65. The fourth-order valence-electron chi connectivity index (χ4n) is 2.72. The molecule has 0 saturated heterocycles. The van der Waals surface area contributed by atoms with E-state index in [2.05, 4.69) is 48.7 Å². The van der Waals surface area contributed by atoms with Gasteiger partial charge in [-0.2, -0.15) is 0 Å². The largest absolute Gasteiger partial charge is 0.384 e. The van der Waals surface area contributed by atoms with Crippen LogP contribution in [0.1, 0.15) is 32.3 Å². The Balaban J connectivity index is 1.76. The first-order valence-corrected chi connectivity index (χ1v) is 7.36. The van der Waals surface area contributed by atoms with Crippen LogP contribution in [-0.4, -0.2) is 19.6 Å². The molecule has 18 heavy (non-hydrogen) atoms. The molecule has 0 bridgehead atoms. The summed E-state index contributed by atoms with van der Waals surface area (Å²) in [6.45, 7) is 7.98. The predicted octanol–water partition coefficient (Wildman–Crippen LogP) is 3.30. The highest BCUT2D eigenvalue weighted by atomic mass is 14.9. The standard InChI is InChI=1S/C16H26N2/c1-3-13(4-2)10-17-11-14-9-15-7-5-6-8-16(15)18-12-14/h5-8,13-14,17-18H,3-4,9-12H2,1-2H3. The Labute approximate surface area is 111 Å². The minimum absolute atomic E-state index is 0.731. The first kappa shape index (κ1) is 13.4. The third-order valence-electron chi connectivity index (χ3n) is 4.13. The summed E-state index contributed by atoms with van der Waals surface area (Å²) in [7, 11) is 0. The summed E-state index contributed by atoms with van der Waals surface area (Å²) in [5.41, 5.74) is 2.80. The minimum atomic E-state index is 0.731. The number of nitrogens with one attached hydrogen (secondary N) is 2. The third kappa shape index (κ3) is 3.49. The van der Waals surface area contributed by atoms with Gasteiger partial charge in [0.2, 0.25) is 0 Å². The molecule has 100 valence electrons. The van der Waals surface area contributed by atoms with Gasteiger partial charge in [-0.3, -0.25) is 0 Å². The van der Waals surface area contributed by atoms with Crippen molar-refractivity contribution in [1.82, 2.24) is 5.32 Å². The van der Waals surface area contributed by atoms with E-state index in [4.69, 9.17) is 0 Å². The number of para-hydroxylation sites is 1. The Morgan fingerprint density at radius 1 is 1.28 bits per heavy atom. The second-order valence-electron chi connectivity index (χ2n) is 5.45. The van der Waals surface area contributed by atoms with Crippen LogP contribution in [0.25, 0.3) is 0 Å². The molecule has 2 rings (SSSR count). The van der Waals surface area contributed by atoms with Crippen LogP contribution < -0.4 is 10.6 Å². The van der Waals surface area contributed by atoms with Crippen molar-refractivity contribution in [2.24, 2.45) is 11.8 Å². The first-order valence-electron chi connectivity index (χ1n) is 7.36. The van der Waals surface area contributed by atoms with E-state index in [0.717, 1.165) is 24.9 Å². The van der Waals surface area contributed by atoms with E-state index < -0.39 is 0 Å². The molecule has 1 heterocycles. The number of hydrogen-bond acceptors (Lipinski definition) is 2. The van der Waals surface area contributed by atoms with Gasteiger partial charge in [-0.05, 0) is 43.0 Å². The van der Waals surface area contributed by atoms with Crippen LogP contribution in [0.4, 0.5) is 5.69 Å². The van der Waals surface area contributed by atoms with Gasteiger partial charge >= 0.3 is 0 Å². The van der Waals surface area contributed by atoms with Crippen LogP contribution in [0.15, 0.2) is 24.3 Å². The molecule has 1 aromatic carbocycles. The lowest BCUT2D eigenvalue weighted by molar-refractivity contribution is 0.411. The van der Waals surface area contributed by atoms with Crippen molar-refractivity contribution in [3.05, 3.63) is 29.8 Å². The molecule has 0 aromatic heterocycles. The van der Waals surface area contributed by atoms with Gasteiger partial charge in [-0.25, -0.2) is 0 Å². The summed E-state index contributed by atoms with van der Waals surface area (Å²) in [5.74, 6) is 1.57. The number of anilines is 1.